The molecule has 7 nitrogen and oxygen atoms in total. The van der Waals surface area contributed by atoms with Crippen LogP contribution in [-0.4, -0.2) is 35.0 Å². The maximum Gasteiger partial charge on any atom is 0.301 e. The van der Waals surface area contributed by atoms with E-state index in [0.29, 0.717) is 51.5 Å². The number of nitrogens with zero attached hydrogens (tertiary/aromatic N) is 2. The molecule has 1 fully saturated rings. The van der Waals surface area contributed by atoms with Crippen LogP contribution in [0.5, 0.6) is 11.5 Å². The number of halogens is 1. The molecule has 5 rings (SSSR count). The lowest BCUT2D eigenvalue weighted by molar-refractivity contribution is -0.132. The Bertz CT molecular complexity index is 1580. The van der Waals surface area contributed by atoms with Gasteiger partial charge in [-0.15, -0.1) is 0 Å². The summed E-state index contributed by atoms with van der Waals surface area (Å²) in [6, 6.07) is 18.4. The van der Waals surface area contributed by atoms with E-state index < -0.39 is 17.7 Å². The fourth-order valence-corrected chi connectivity index (χ4v) is 5.95. The monoisotopic (exact) mass is 576 g/mol. The number of rotatable bonds is 10. The summed E-state index contributed by atoms with van der Waals surface area (Å²) in [5, 5.41) is 12.3. The average Bonchev–Trinajstić information content (AvgIpc) is 3.49. The van der Waals surface area contributed by atoms with Crippen LogP contribution in [0.4, 0.5) is 5.13 Å². The molecule has 0 radical (unpaired) electrons. The number of aromatic nitrogens is 1. The number of Topliss-reactive ketones (excluding diaryl/α,β-unsaturated/α-hetero) is 1. The van der Waals surface area contributed by atoms with Crippen LogP contribution in [0.1, 0.15) is 50.3 Å². The fraction of sp³-hybridized carbons (Fsp3) is 0.258. The number of hydrogen-bond donors (Lipinski definition) is 1. The second-order valence-corrected chi connectivity index (χ2v) is 10.8. The van der Waals surface area contributed by atoms with Crippen LogP contribution < -0.4 is 14.4 Å². The highest BCUT2D eigenvalue weighted by Crippen LogP contribution is 2.45. The zero-order chi connectivity index (χ0) is 28.2. The van der Waals surface area contributed by atoms with Crippen molar-refractivity contribution in [2.45, 2.75) is 39.2 Å². The lowest BCUT2D eigenvalue weighted by Crippen LogP contribution is -2.29. The maximum atomic E-state index is 13.6. The molecule has 0 aliphatic carbocycles. The van der Waals surface area contributed by atoms with Gasteiger partial charge in [-0.2, -0.15) is 0 Å². The summed E-state index contributed by atoms with van der Waals surface area (Å²) >= 11 is 7.45. The molecule has 9 heteroatoms. The first kappa shape index (κ1) is 27.7. The molecular formula is C31H29ClN2O5S. The maximum absolute atomic E-state index is 13.6. The molecule has 1 aromatic heterocycles. The summed E-state index contributed by atoms with van der Waals surface area (Å²) < 4.78 is 12.3. The Kier molecular flexibility index (Phi) is 8.38. The zero-order valence-electron chi connectivity index (χ0n) is 22.2. The summed E-state index contributed by atoms with van der Waals surface area (Å²) in [5.41, 5.74) is 1.66. The van der Waals surface area contributed by atoms with Crippen LogP contribution >= 0.6 is 22.9 Å². The van der Waals surface area contributed by atoms with Gasteiger partial charge in [-0.1, -0.05) is 54.8 Å². The van der Waals surface area contributed by atoms with Crippen LogP contribution in [0.25, 0.3) is 16.0 Å². The summed E-state index contributed by atoms with van der Waals surface area (Å²) in [4.78, 5) is 33.1. The summed E-state index contributed by atoms with van der Waals surface area (Å²) in [6.07, 6.45) is 3.06. The standard InChI is InChI=1S/C31H29ClN2O5S/c1-3-5-6-16-39-23-9-7-8-20(17-23)27-26(28(35)19-10-13-22(14-11-19)38-4-2)29(36)30(37)34(27)31-33-24-15-12-21(32)18-25(24)40-31/h7-15,17-18,27,35H,3-6,16H2,1-2H3. The quantitative estimate of drug-likeness (QED) is 0.0907. The van der Waals surface area contributed by atoms with Crippen LogP contribution in [-0.2, 0) is 9.59 Å². The number of unbranched alkanes of at least 4 members (excludes halogenated alkanes) is 2. The van der Waals surface area contributed by atoms with Crippen molar-refractivity contribution in [1.82, 2.24) is 4.98 Å². The SMILES string of the molecule is CCCCCOc1cccc(C2C(=C(O)c3ccc(OCC)cc3)C(=O)C(=O)N2c2nc3ccc(Cl)cc3s2)c1. The number of carbonyl (C=O) groups is 2. The number of thiazole rings is 1. The smallest absolute Gasteiger partial charge is 0.301 e. The Balaban J connectivity index is 1.62. The number of aliphatic hydroxyl groups excluding tert-OH is 1. The molecule has 1 N–H and O–H groups in total. The van der Waals surface area contributed by atoms with E-state index in [1.807, 2.05) is 31.2 Å². The van der Waals surface area contributed by atoms with Crippen LogP contribution in [0, 0.1) is 0 Å². The molecule has 0 saturated carbocycles. The molecule has 1 aliphatic heterocycles. The number of ether oxygens (including phenoxy) is 2. The van der Waals surface area contributed by atoms with Gasteiger partial charge in [0.15, 0.2) is 5.13 Å². The van der Waals surface area contributed by atoms with Crippen molar-refractivity contribution in [3.63, 3.8) is 0 Å². The highest BCUT2D eigenvalue weighted by Gasteiger charge is 2.48. The van der Waals surface area contributed by atoms with E-state index in [9.17, 15) is 14.7 Å². The van der Waals surface area contributed by atoms with Crippen molar-refractivity contribution < 1.29 is 24.2 Å². The number of carbonyl (C=O) groups excluding carboxylic acids is 2. The Morgan fingerprint density at radius 1 is 1.00 bits per heavy atom. The topological polar surface area (TPSA) is 89.0 Å². The van der Waals surface area contributed by atoms with E-state index in [4.69, 9.17) is 21.1 Å². The molecule has 1 atom stereocenters. The second kappa shape index (κ2) is 12.1. The number of hydrogen-bond acceptors (Lipinski definition) is 7. The minimum atomic E-state index is -0.915. The summed E-state index contributed by atoms with van der Waals surface area (Å²) in [7, 11) is 0. The van der Waals surface area contributed by atoms with Crippen molar-refractivity contribution in [2.24, 2.45) is 0 Å². The number of benzene rings is 3. The van der Waals surface area contributed by atoms with Crippen LogP contribution in [0.15, 0.2) is 72.3 Å². The van der Waals surface area contributed by atoms with E-state index >= 15 is 0 Å². The fourth-order valence-electron chi connectivity index (χ4n) is 4.68. The number of ketones is 1. The summed E-state index contributed by atoms with van der Waals surface area (Å²) in [5.74, 6) is -0.569. The molecule has 0 spiro atoms. The first-order chi connectivity index (χ1) is 19.4. The van der Waals surface area contributed by atoms with E-state index in [1.54, 1.807) is 42.5 Å². The van der Waals surface area contributed by atoms with Gasteiger partial charge in [0.05, 0.1) is 35.0 Å². The number of amides is 1. The molecule has 1 amide bonds. The third-order valence-corrected chi connectivity index (χ3v) is 7.87. The molecule has 3 aromatic carbocycles. The molecule has 4 aromatic rings. The first-order valence-electron chi connectivity index (χ1n) is 13.2. The summed E-state index contributed by atoms with van der Waals surface area (Å²) in [6.45, 7) is 5.07. The highest BCUT2D eigenvalue weighted by atomic mass is 35.5. The molecule has 1 unspecified atom stereocenters. The van der Waals surface area contributed by atoms with Gasteiger partial charge in [0, 0.05) is 10.6 Å². The number of fused-ring (bicyclic) bond motifs is 1. The van der Waals surface area contributed by atoms with Crippen molar-refractivity contribution >= 4 is 55.7 Å². The third kappa shape index (κ3) is 5.55. The zero-order valence-corrected chi connectivity index (χ0v) is 23.8. The molecular weight excluding hydrogens is 548 g/mol. The second-order valence-electron chi connectivity index (χ2n) is 9.36. The average molecular weight is 577 g/mol. The van der Waals surface area contributed by atoms with E-state index in [1.165, 1.54) is 16.2 Å². The first-order valence-corrected chi connectivity index (χ1v) is 14.4. The molecule has 1 saturated heterocycles. The Morgan fingerprint density at radius 3 is 2.55 bits per heavy atom. The Hall–Kier alpha value is -3.88. The minimum Gasteiger partial charge on any atom is -0.507 e. The van der Waals surface area contributed by atoms with Crippen molar-refractivity contribution in [3.05, 3.63) is 88.5 Å². The van der Waals surface area contributed by atoms with E-state index in [2.05, 4.69) is 11.9 Å². The van der Waals surface area contributed by atoms with Gasteiger partial charge in [0.1, 0.15) is 17.3 Å². The van der Waals surface area contributed by atoms with E-state index in [0.717, 1.165) is 24.0 Å². The van der Waals surface area contributed by atoms with Crippen molar-refractivity contribution in [1.29, 1.82) is 0 Å². The van der Waals surface area contributed by atoms with Crippen LogP contribution in [0.3, 0.4) is 0 Å². The molecule has 0 bridgehead atoms. The van der Waals surface area contributed by atoms with Gasteiger partial charge in [0.25, 0.3) is 5.78 Å². The Morgan fingerprint density at radius 2 is 1.80 bits per heavy atom. The predicted molar refractivity (Wildman–Crippen MR) is 158 cm³/mol. The van der Waals surface area contributed by atoms with Gasteiger partial charge in [-0.3, -0.25) is 14.5 Å². The molecule has 2 heterocycles. The van der Waals surface area contributed by atoms with Crippen molar-refractivity contribution in [3.8, 4) is 11.5 Å². The lowest BCUT2D eigenvalue weighted by Gasteiger charge is -2.23. The predicted octanol–water partition coefficient (Wildman–Crippen LogP) is 7.54. The molecule has 40 heavy (non-hydrogen) atoms. The Labute approximate surface area is 241 Å². The highest BCUT2D eigenvalue weighted by molar-refractivity contribution is 7.22. The van der Waals surface area contributed by atoms with Gasteiger partial charge in [-0.25, -0.2) is 4.98 Å². The largest absolute Gasteiger partial charge is 0.507 e. The van der Waals surface area contributed by atoms with Gasteiger partial charge >= 0.3 is 5.91 Å². The third-order valence-electron chi connectivity index (χ3n) is 6.62. The van der Waals surface area contributed by atoms with Gasteiger partial charge in [-0.05, 0) is 73.5 Å². The lowest BCUT2D eigenvalue weighted by atomic mass is 9.95. The normalized spacial score (nSPS) is 16.6. The van der Waals surface area contributed by atoms with Crippen LogP contribution in [0.2, 0.25) is 5.02 Å². The van der Waals surface area contributed by atoms with Crippen molar-refractivity contribution in [2.75, 3.05) is 18.1 Å². The van der Waals surface area contributed by atoms with Gasteiger partial charge in [0.2, 0.25) is 0 Å². The molecule has 206 valence electrons. The number of anilines is 1. The van der Waals surface area contributed by atoms with Gasteiger partial charge < -0.3 is 14.6 Å². The molecule has 1 aliphatic rings. The number of aliphatic hydroxyl groups is 1. The van der Waals surface area contributed by atoms with E-state index in [-0.39, 0.29) is 11.3 Å². The minimum absolute atomic E-state index is 0.0189.